The maximum atomic E-state index is 11.7. The van der Waals surface area contributed by atoms with Gasteiger partial charge in [0, 0.05) is 6.54 Å². The number of rotatable bonds is 6. The van der Waals surface area contributed by atoms with Crippen LogP contribution in [-0.2, 0) is 11.2 Å². The normalized spacial score (nSPS) is 16.5. The molecular formula is C14H20N2O. The van der Waals surface area contributed by atoms with Crippen molar-refractivity contribution in [3.05, 3.63) is 35.9 Å². The average Bonchev–Trinajstić information content (AvgIpc) is 3.14. The van der Waals surface area contributed by atoms with Crippen molar-refractivity contribution in [1.29, 1.82) is 0 Å². The van der Waals surface area contributed by atoms with Crippen molar-refractivity contribution in [3.8, 4) is 0 Å². The summed E-state index contributed by atoms with van der Waals surface area (Å²) in [6.07, 6.45) is 4.36. The number of hydrogen-bond donors (Lipinski definition) is 2. The van der Waals surface area contributed by atoms with E-state index in [1.165, 1.54) is 12.8 Å². The molecule has 0 unspecified atom stereocenters. The van der Waals surface area contributed by atoms with Crippen molar-refractivity contribution < 1.29 is 4.79 Å². The van der Waals surface area contributed by atoms with Gasteiger partial charge in [0.05, 0.1) is 6.04 Å². The Bertz CT molecular complexity index is 360. The average molecular weight is 232 g/mol. The van der Waals surface area contributed by atoms with E-state index < -0.39 is 6.04 Å². The van der Waals surface area contributed by atoms with E-state index in [2.05, 4.69) is 5.32 Å². The Morgan fingerprint density at radius 2 is 2.06 bits per heavy atom. The van der Waals surface area contributed by atoms with Crippen LogP contribution in [0.5, 0.6) is 0 Å². The molecule has 0 radical (unpaired) electrons. The first kappa shape index (κ1) is 12.1. The van der Waals surface area contributed by atoms with E-state index in [1.54, 1.807) is 0 Å². The zero-order valence-corrected chi connectivity index (χ0v) is 10.1. The number of nitrogens with two attached hydrogens (primary N) is 1. The van der Waals surface area contributed by atoms with Gasteiger partial charge in [-0.1, -0.05) is 43.2 Å². The predicted octanol–water partition coefficient (Wildman–Crippen LogP) is 1.47. The molecule has 0 bridgehead atoms. The molecule has 1 amide bonds. The van der Waals surface area contributed by atoms with Gasteiger partial charge >= 0.3 is 0 Å². The number of benzene rings is 1. The molecule has 3 heteroatoms. The van der Waals surface area contributed by atoms with Crippen molar-refractivity contribution in [2.75, 3.05) is 6.54 Å². The molecule has 3 N–H and O–H groups in total. The summed E-state index contributed by atoms with van der Waals surface area (Å²) in [5, 5.41) is 2.91. The summed E-state index contributed by atoms with van der Waals surface area (Å²) in [5.74, 6) is 0.815. The molecular weight excluding hydrogens is 212 g/mol. The largest absolute Gasteiger partial charge is 0.355 e. The second-order valence-corrected chi connectivity index (χ2v) is 4.82. The second kappa shape index (κ2) is 5.82. The van der Waals surface area contributed by atoms with Crippen molar-refractivity contribution >= 4 is 5.91 Å². The number of carbonyl (C=O) groups excluding carboxylic acids is 1. The molecule has 1 atom stereocenters. The SMILES string of the molecule is N[C@@H](Cc1ccccc1)C(=O)NCCC1CC1. The molecule has 1 fully saturated rings. The van der Waals surface area contributed by atoms with Crippen LogP contribution in [0.4, 0.5) is 0 Å². The smallest absolute Gasteiger partial charge is 0.237 e. The number of nitrogens with one attached hydrogen (secondary N) is 1. The molecule has 17 heavy (non-hydrogen) atoms. The van der Waals surface area contributed by atoms with Crippen LogP contribution in [0, 0.1) is 5.92 Å². The van der Waals surface area contributed by atoms with Gasteiger partial charge < -0.3 is 11.1 Å². The lowest BCUT2D eigenvalue weighted by molar-refractivity contribution is -0.122. The number of hydrogen-bond acceptors (Lipinski definition) is 2. The van der Waals surface area contributed by atoms with Crippen LogP contribution in [0.2, 0.25) is 0 Å². The van der Waals surface area contributed by atoms with Gasteiger partial charge in [0.2, 0.25) is 5.91 Å². The molecule has 92 valence electrons. The van der Waals surface area contributed by atoms with Gasteiger partial charge in [0.15, 0.2) is 0 Å². The number of carbonyl (C=O) groups is 1. The quantitative estimate of drug-likeness (QED) is 0.780. The Balaban J connectivity index is 1.70. The summed E-state index contributed by atoms with van der Waals surface area (Å²) in [5.41, 5.74) is 6.98. The molecule has 0 saturated heterocycles. The van der Waals surface area contributed by atoms with Crippen LogP contribution in [0.1, 0.15) is 24.8 Å². The van der Waals surface area contributed by atoms with Crippen molar-refractivity contribution in [3.63, 3.8) is 0 Å². The van der Waals surface area contributed by atoms with E-state index in [9.17, 15) is 4.79 Å². The Morgan fingerprint density at radius 3 is 2.71 bits per heavy atom. The van der Waals surface area contributed by atoms with Crippen LogP contribution in [0.15, 0.2) is 30.3 Å². The van der Waals surface area contributed by atoms with Crippen molar-refractivity contribution in [2.24, 2.45) is 11.7 Å². The van der Waals surface area contributed by atoms with Crippen molar-refractivity contribution in [2.45, 2.75) is 31.7 Å². The van der Waals surface area contributed by atoms with E-state index >= 15 is 0 Å². The fourth-order valence-corrected chi connectivity index (χ4v) is 1.90. The molecule has 0 spiro atoms. The van der Waals surface area contributed by atoms with E-state index in [0.717, 1.165) is 24.4 Å². The lowest BCUT2D eigenvalue weighted by Crippen LogP contribution is -2.42. The van der Waals surface area contributed by atoms with E-state index in [0.29, 0.717) is 6.42 Å². The lowest BCUT2D eigenvalue weighted by atomic mass is 10.1. The monoisotopic (exact) mass is 232 g/mol. The lowest BCUT2D eigenvalue weighted by Gasteiger charge is -2.12. The van der Waals surface area contributed by atoms with E-state index in [4.69, 9.17) is 5.73 Å². The standard InChI is InChI=1S/C14H20N2O/c15-13(10-12-4-2-1-3-5-12)14(17)16-9-8-11-6-7-11/h1-5,11,13H,6-10,15H2,(H,16,17)/t13-/m0/s1. The summed E-state index contributed by atoms with van der Waals surface area (Å²) in [4.78, 5) is 11.7. The van der Waals surface area contributed by atoms with Crippen molar-refractivity contribution in [1.82, 2.24) is 5.32 Å². The molecule has 1 aliphatic carbocycles. The van der Waals surface area contributed by atoms with Crippen LogP contribution >= 0.6 is 0 Å². The summed E-state index contributed by atoms with van der Waals surface area (Å²) in [6, 6.07) is 9.45. The Hall–Kier alpha value is -1.35. The fraction of sp³-hybridized carbons (Fsp3) is 0.500. The first-order valence-electron chi connectivity index (χ1n) is 6.33. The van der Waals surface area contributed by atoms with Gasteiger partial charge in [-0.3, -0.25) is 4.79 Å². The van der Waals surface area contributed by atoms with Gasteiger partial charge in [-0.15, -0.1) is 0 Å². The minimum absolute atomic E-state index is 0.0329. The Morgan fingerprint density at radius 1 is 1.35 bits per heavy atom. The molecule has 1 saturated carbocycles. The minimum Gasteiger partial charge on any atom is -0.355 e. The Labute approximate surface area is 102 Å². The third-order valence-electron chi connectivity index (χ3n) is 3.18. The molecule has 0 aromatic heterocycles. The maximum absolute atomic E-state index is 11.7. The fourth-order valence-electron chi connectivity index (χ4n) is 1.90. The van der Waals surface area contributed by atoms with Gasteiger partial charge in [-0.05, 0) is 24.3 Å². The van der Waals surface area contributed by atoms with Crippen LogP contribution in [0.3, 0.4) is 0 Å². The highest BCUT2D eigenvalue weighted by molar-refractivity contribution is 5.81. The zero-order valence-electron chi connectivity index (χ0n) is 10.1. The van der Waals surface area contributed by atoms with Crippen LogP contribution in [0.25, 0.3) is 0 Å². The second-order valence-electron chi connectivity index (χ2n) is 4.82. The van der Waals surface area contributed by atoms with Gasteiger partial charge in [0.1, 0.15) is 0 Å². The first-order valence-corrected chi connectivity index (χ1v) is 6.33. The summed E-state index contributed by atoms with van der Waals surface area (Å²) in [7, 11) is 0. The zero-order chi connectivity index (χ0) is 12.1. The molecule has 1 aromatic carbocycles. The summed E-state index contributed by atoms with van der Waals surface area (Å²) in [6.45, 7) is 0.770. The molecule has 3 nitrogen and oxygen atoms in total. The van der Waals surface area contributed by atoms with Crippen LogP contribution in [-0.4, -0.2) is 18.5 Å². The van der Waals surface area contributed by atoms with Gasteiger partial charge in [-0.2, -0.15) is 0 Å². The highest BCUT2D eigenvalue weighted by Crippen LogP contribution is 2.31. The van der Waals surface area contributed by atoms with E-state index in [-0.39, 0.29) is 5.91 Å². The topological polar surface area (TPSA) is 55.1 Å². The molecule has 0 aliphatic heterocycles. The Kier molecular flexibility index (Phi) is 4.15. The van der Waals surface area contributed by atoms with Gasteiger partial charge in [-0.25, -0.2) is 0 Å². The number of amides is 1. The maximum Gasteiger partial charge on any atom is 0.237 e. The van der Waals surface area contributed by atoms with E-state index in [1.807, 2.05) is 30.3 Å². The first-order chi connectivity index (χ1) is 8.25. The molecule has 0 heterocycles. The third-order valence-corrected chi connectivity index (χ3v) is 3.18. The highest BCUT2D eigenvalue weighted by atomic mass is 16.2. The summed E-state index contributed by atoms with van der Waals surface area (Å²) < 4.78 is 0. The molecule has 1 aromatic rings. The highest BCUT2D eigenvalue weighted by Gasteiger charge is 2.21. The molecule has 2 rings (SSSR count). The summed E-state index contributed by atoms with van der Waals surface area (Å²) >= 11 is 0. The minimum atomic E-state index is -0.434. The predicted molar refractivity (Wildman–Crippen MR) is 68.5 cm³/mol. The van der Waals surface area contributed by atoms with Crippen LogP contribution < -0.4 is 11.1 Å². The molecule has 1 aliphatic rings. The van der Waals surface area contributed by atoms with Gasteiger partial charge in [0.25, 0.3) is 0 Å². The third kappa shape index (κ3) is 4.19.